The van der Waals surface area contributed by atoms with E-state index in [2.05, 4.69) is 5.32 Å². The van der Waals surface area contributed by atoms with Crippen LogP contribution in [0.1, 0.15) is 37.7 Å². The van der Waals surface area contributed by atoms with Gasteiger partial charge in [0.25, 0.3) is 0 Å². The van der Waals surface area contributed by atoms with Crippen molar-refractivity contribution in [3.05, 3.63) is 29.8 Å². The fourth-order valence-electron chi connectivity index (χ4n) is 2.82. The van der Waals surface area contributed by atoms with E-state index < -0.39 is 18.3 Å². The first-order valence-corrected chi connectivity index (χ1v) is 7.40. The van der Waals surface area contributed by atoms with E-state index in [0.717, 1.165) is 24.1 Å². The minimum atomic E-state index is -2.20. The first-order valence-electron chi connectivity index (χ1n) is 7.40. The van der Waals surface area contributed by atoms with Crippen molar-refractivity contribution in [3.8, 4) is 0 Å². The van der Waals surface area contributed by atoms with Crippen LogP contribution >= 0.6 is 0 Å². The van der Waals surface area contributed by atoms with Crippen LogP contribution in [-0.4, -0.2) is 23.5 Å². The Bertz CT molecular complexity index is 471. The van der Waals surface area contributed by atoms with Gasteiger partial charge in [0.05, 0.1) is 0 Å². The first-order chi connectivity index (χ1) is 10.0. The van der Waals surface area contributed by atoms with Crippen molar-refractivity contribution in [3.63, 3.8) is 0 Å². The summed E-state index contributed by atoms with van der Waals surface area (Å²) in [6.45, 7) is 0. The number of carboxylic acid groups (broad SMARTS) is 1. The Kier molecular flexibility index (Phi) is 5.53. The predicted octanol–water partition coefficient (Wildman–Crippen LogP) is 3.94. The number of benzene rings is 1. The van der Waals surface area contributed by atoms with Gasteiger partial charge in [-0.25, -0.2) is 8.78 Å². The van der Waals surface area contributed by atoms with Crippen LogP contribution in [0.5, 0.6) is 0 Å². The van der Waals surface area contributed by atoms with Crippen molar-refractivity contribution in [2.24, 2.45) is 5.92 Å². The Morgan fingerprint density at radius 1 is 1.29 bits per heavy atom. The summed E-state index contributed by atoms with van der Waals surface area (Å²) in [5, 5.41) is 12.1. The zero-order valence-corrected chi connectivity index (χ0v) is 11.9. The summed E-state index contributed by atoms with van der Waals surface area (Å²) >= 11 is 0. The summed E-state index contributed by atoms with van der Waals surface area (Å²) in [4.78, 5) is 10.6. The molecule has 2 N–H and O–H groups in total. The number of nitrogens with one attached hydrogen (secondary N) is 1. The van der Waals surface area contributed by atoms with E-state index in [-0.39, 0.29) is 12.5 Å². The molecule has 5 heteroatoms. The smallest absolute Gasteiger partial charge is 0.303 e. The quantitative estimate of drug-likeness (QED) is 0.836. The number of carboxylic acids is 1. The minimum absolute atomic E-state index is 0.114. The molecule has 0 unspecified atom stereocenters. The molecule has 0 spiro atoms. The molecule has 1 fully saturated rings. The summed E-state index contributed by atoms with van der Waals surface area (Å²) < 4.78 is 25.2. The number of anilines is 1. The molecule has 1 aromatic carbocycles. The second-order valence-corrected chi connectivity index (χ2v) is 5.68. The minimum Gasteiger partial charge on any atom is -0.481 e. The summed E-state index contributed by atoms with van der Waals surface area (Å²) in [6, 6.07) is 7.91. The maximum Gasteiger partial charge on any atom is 0.303 e. The monoisotopic (exact) mass is 297 g/mol. The molecule has 0 saturated heterocycles. The van der Waals surface area contributed by atoms with Gasteiger partial charge in [-0.05, 0) is 49.8 Å². The van der Waals surface area contributed by atoms with Gasteiger partial charge in [0.1, 0.15) is 0 Å². The molecule has 0 aromatic heterocycles. The topological polar surface area (TPSA) is 49.3 Å². The highest BCUT2D eigenvalue weighted by atomic mass is 19.3. The van der Waals surface area contributed by atoms with Crippen LogP contribution in [-0.2, 0) is 11.2 Å². The lowest BCUT2D eigenvalue weighted by molar-refractivity contribution is -0.136. The van der Waals surface area contributed by atoms with Gasteiger partial charge < -0.3 is 10.4 Å². The highest BCUT2D eigenvalue weighted by Gasteiger charge is 2.27. The second-order valence-electron chi connectivity index (χ2n) is 5.68. The predicted molar refractivity (Wildman–Crippen MR) is 77.8 cm³/mol. The van der Waals surface area contributed by atoms with Crippen molar-refractivity contribution in [2.75, 3.05) is 5.32 Å². The molecule has 116 valence electrons. The van der Waals surface area contributed by atoms with Crippen molar-refractivity contribution in [1.82, 2.24) is 0 Å². The van der Waals surface area contributed by atoms with Crippen LogP contribution < -0.4 is 5.32 Å². The average molecular weight is 297 g/mol. The molecule has 2 rings (SSSR count). The van der Waals surface area contributed by atoms with Crippen molar-refractivity contribution < 1.29 is 18.7 Å². The molecule has 0 bridgehead atoms. The third kappa shape index (κ3) is 4.99. The van der Waals surface area contributed by atoms with Gasteiger partial charge >= 0.3 is 5.97 Å². The standard InChI is InChI=1S/C16H21F2NO2/c17-16(18)12-5-7-13(8-6-12)19-14-3-1-2-11(10-14)4-9-15(20)21/h1-3,10,12-13,16,19H,4-9H2,(H,20,21). The number of halogens is 2. The molecule has 0 heterocycles. The van der Waals surface area contributed by atoms with E-state index in [1.165, 1.54) is 0 Å². The number of rotatable bonds is 6. The van der Waals surface area contributed by atoms with Gasteiger partial charge in [0.15, 0.2) is 0 Å². The fraction of sp³-hybridized carbons (Fsp3) is 0.562. The molecule has 0 radical (unpaired) electrons. The molecule has 1 aliphatic carbocycles. The molecule has 3 nitrogen and oxygen atoms in total. The molecule has 0 aliphatic heterocycles. The largest absolute Gasteiger partial charge is 0.481 e. The molecule has 1 aliphatic rings. The molecule has 0 amide bonds. The number of alkyl halides is 2. The van der Waals surface area contributed by atoms with Gasteiger partial charge in [-0.2, -0.15) is 0 Å². The van der Waals surface area contributed by atoms with Crippen LogP contribution in [0.3, 0.4) is 0 Å². The van der Waals surface area contributed by atoms with Crippen LogP contribution in [0.25, 0.3) is 0 Å². The molecule has 1 saturated carbocycles. The third-order valence-electron chi connectivity index (χ3n) is 4.05. The maximum absolute atomic E-state index is 12.6. The Labute approximate surface area is 123 Å². The lowest BCUT2D eigenvalue weighted by atomic mass is 9.86. The molecule has 1 aromatic rings. The van der Waals surface area contributed by atoms with E-state index in [4.69, 9.17) is 5.11 Å². The van der Waals surface area contributed by atoms with Crippen LogP contribution in [0.2, 0.25) is 0 Å². The Hall–Kier alpha value is -1.65. The number of aliphatic carboxylic acids is 1. The van der Waals surface area contributed by atoms with Crippen LogP contribution in [0.15, 0.2) is 24.3 Å². The zero-order valence-electron chi connectivity index (χ0n) is 11.9. The van der Waals surface area contributed by atoms with Crippen LogP contribution in [0, 0.1) is 5.92 Å². The van der Waals surface area contributed by atoms with Gasteiger partial charge in [0, 0.05) is 24.1 Å². The summed E-state index contributed by atoms with van der Waals surface area (Å²) in [5.41, 5.74) is 1.92. The number of hydrogen-bond donors (Lipinski definition) is 2. The van der Waals surface area contributed by atoms with Crippen molar-refractivity contribution in [2.45, 2.75) is 51.0 Å². The lowest BCUT2D eigenvalue weighted by Gasteiger charge is -2.29. The Morgan fingerprint density at radius 3 is 2.62 bits per heavy atom. The molecular formula is C16H21F2NO2. The summed E-state index contributed by atoms with van der Waals surface area (Å²) in [5.74, 6) is -1.26. The highest BCUT2D eigenvalue weighted by Crippen LogP contribution is 2.30. The Balaban J connectivity index is 1.86. The van der Waals surface area contributed by atoms with Crippen molar-refractivity contribution in [1.29, 1.82) is 0 Å². The first kappa shape index (κ1) is 15.7. The summed E-state index contributed by atoms with van der Waals surface area (Å²) in [6.07, 6.45) is 1.06. The normalized spacial score (nSPS) is 22.2. The lowest BCUT2D eigenvalue weighted by Crippen LogP contribution is -2.28. The SMILES string of the molecule is O=C(O)CCc1cccc(NC2CCC(C(F)F)CC2)c1. The van der Waals surface area contributed by atoms with Crippen molar-refractivity contribution >= 4 is 11.7 Å². The number of carbonyl (C=O) groups is 1. The average Bonchev–Trinajstić information content (AvgIpc) is 2.46. The van der Waals surface area contributed by atoms with Gasteiger partial charge in [0.2, 0.25) is 6.43 Å². The van der Waals surface area contributed by atoms with E-state index in [9.17, 15) is 13.6 Å². The molecular weight excluding hydrogens is 276 g/mol. The van der Waals surface area contributed by atoms with E-state index in [0.29, 0.717) is 19.3 Å². The molecule has 0 atom stereocenters. The van der Waals surface area contributed by atoms with Crippen LogP contribution in [0.4, 0.5) is 14.5 Å². The van der Waals surface area contributed by atoms with E-state index >= 15 is 0 Å². The van der Waals surface area contributed by atoms with Gasteiger partial charge in [-0.15, -0.1) is 0 Å². The highest BCUT2D eigenvalue weighted by molar-refractivity contribution is 5.67. The fourth-order valence-corrected chi connectivity index (χ4v) is 2.82. The number of aryl methyl sites for hydroxylation is 1. The Morgan fingerprint density at radius 2 is 2.00 bits per heavy atom. The molecule has 21 heavy (non-hydrogen) atoms. The third-order valence-corrected chi connectivity index (χ3v) is 4.05. The van der Waals surface area contributed by atoms with Gasteiger partial charge in [-0.3, -0.25) is 4.79 Å². The van der Waals surface area contributed by atoms with Gasteiger partial charge in [-0.1, -0.05) is 12.1 Å². The maximum atomic E-state index is 12.6. The zero-order chi connectivity index (χ0) is 15.2. The van der Waals surface area contributed by atoms with E-state index in [1.54, 1.807) is 0 Å². The number of hydrogen-bond acceptors (Lipinski definition) is 2. The van der Waals surface area contributed by atoms with E-state index in [1.807, 2.05) is 24.3 Å². The summed E-state index contributed by atoms with van der Waals surface area (Å²) in [7, 11) is 0. The second kappa shape index (κ2) is 7.38.